The Labute approximate surface area is 248 Å². The Bertz CT molecular complexity index is 1230. The molecule has 2 fully saturated rings. The fourth-order valence-electron chi connectivity index (χ4n) is 7.45. The van der Waals surface area contributed by atoms with Crippen molar-refractivity contribution in [3.8, 4) is 0 Å². The van der Waals surface area contributed by atoms with Crippen LogP contribution in [0, 0.1) is 11.8 Å². The van der Waals surface area contributed by atoms with Crippen molar-refractivity contribution in [2.24, 2.45) is 11.8 Å². The normalized spacial score (nSPS) is 31.6. The second-order valence-electron chi connectivity index (χ2n) is 11.7. The fraction of sp³-hybridized carbons (Fsp3) is 0.594. The van der Waals surface area contributed by atoms with E-state index in [9.17, 15) is 19.5 Å². The van der Waals surface area contributed by atoms with Gasteiger partial charge in [0.1, 0.15) is 6.04 Å². The number of carbonyl (C=O) groups is 3. The lowest BCUT2D eigenvalue weighted by atomic mass is 9.74. The van der Waals surface area contributed by atoms with E-state index < -0.39 is 33.4 Å². The van der Waals surface area contributed by atoms with E-state index in [0.29, 0.717) is 26.1 Å². The molecule has 9 heteroatoms. The van der Waals surface area contributed by atoms with Crippen LogP contribution in [0.2, 0.25) is 0 Å². The molecule has 0 aliphatic carbocycles. The zero-order valence-electron chi connectivity index (χ0n) is 25.0. The van der Waals surface area contributed by atoms with Crippen LogP contribution < -0.4 is 9.80 Å². The highest BCUT2D eigenvalue weighted by Crippen LogP contribution is 2.66. The number of likely N-dealkylation sites (tertiary alicyclic amines) is 1. The van der Waals surface area contributed by atoms with Crippen LogP contribution in [0.3, 0.4) is 0 Å². The van der Waals surface area contributed by atoms with Gasteiger partial charge < -0.3 is 24.7 Å². The number of nitrogens with zero attached hydrogens (tertiary/aromatic N) is 4. The maximum absolute atomic E-state index is 14.7. The number of hydrogen-bond donors (Lipinski definition) is 1. The maximum atomic E-state index is 14.7. The Hall–Kier alpha value is -2.78. The van der Waals surface area contributed by atoms with Crippen molar-refractivity contribution in [2.75, 3.05) is 49.1 Å². The lowest BCUT2D eigenvalue weighted by molar-refractivity contribution is -0.145. The largest absolute Gasteiger partial charge is 0.394 e. The summed E-state index contributed by atoms with van der Waals surface area (Å²) >= 11 is 1.59. The highest BCUT2D eigenvalue weighted by Gasteiger charge is 2.74. The summed E-state index contributed by atoms with van der Waals surface area (Å²) in [5.74, 6) is -1.67. The second-order valence-corrected chi connectivity index (χ2v) is 13.5. The van der Waals surface area contributed by atoms with Gasteiger partial charge in [0.15, 0.2) is 0 Å². The zero-order valence-corrected chi connectivity index (χ0v) is 25.8. The number of rotatable bonds is 9. The second kappa shape index (κ2) is 11.5. The number of aliphatic hydroxyl groups is 1. The Morgan fingerprint density at radius 2 is 1.63 bits per heavy atom. The van der Waals surface area contributed by atoms with E-state index in [1.54, 1.807) is 21.6 Å². The zero-order chi connectivity index (χ0) is 29.5. The summed E-state index contributed by atoms with van der Waals surface area (Å²) in [5, 5.41) is 10.4. The molecule has 222 valence electrons. The molecule has 0 radical (unpaired) electrons. The third kappa shape index (κ3) is 4.60. The number of fused-ring (bicyclic) bond motifs is 2. The van der Waals surface area contributed by atoms with Crippen LogP contribution in [-0.4, -0.2) is 93.5 Å². The van der Waals surface area contributed by atoms with Gasteiger partial charge in [-0.05, 0) is 57.9 Å². The predicted molar refractivity (Wildman–Crippen MR) is 165 cm³/mol. The van der Waals surface area contributed by atoms with Gasteiger partial charge in [0.25, 0.3) is 5.91 Å². The first-order chi connectivity index (χ1) is 19.7. The van der Waals surface area contributed by atoms with Gasteiger partial charge in [-0.2, -0.15) is 0 Å². The molecule has 5 rings (SSSR count). The molecule has 41 heavy (non-hydrogen) atoms. The molecule has 4 aliphatic rings. The fourth-order valence-corrected chi connectivity index (χ4v) is 9.60. The van der Waals surface area contributed by atoms with Crippen molar-refractivity contribution in [3.63, 3.8) is 0 Å². The Morgan fingerprint density at radius 3 is 2.24 bits per heavy atom. The van der Waals surface area contributed by atoms with Crippen LogP contribution in [0.5, 0.6) is 0 Å². The standard InChI is InChI=1S/C32H44N4O4S/c1-6-18-34-19-10-16-31(5)25(28(34)38)26-29(39)36(22(7-2)21-37)27-30(40)35(20-11-17-32(26,27)41-31)24-14-12-23(13-15-24)33(8-3)9-4/h10-17,22,25-27,37H,6-9,18-21H2,1-5H3/t22-,25+,26-,27?,31-,32-/m0/s1. The summed E-state index contributed by atoms with van der Waals surface area (Å²) in [4.78, 5) is 50.8. The van der Waals surface area contributed by atoms with E-state index in [1.165, 1.54) is 0 Å². The van der Waals surface area contributed by atoms with Crippen LogP contribution in [0.4, 0.5) is 11.4 Å². The number of thioether (sulfide) groups is 1. The van der Waals surface area contributed by atoms with E-state index >= 15 is 0 Å². The monoisotopic (exact) mass is 580 g/mol. The summed E-state index contributed by atoms with van der Waals surface area (Å²) in [6.45, 7) is 13.3. The van der Waals surface area contributed by atoms with Crippen LogP contribution >= 0.6 is 11.8 Å². The highest BCUT2D eigenvalue weighted by atomic mass is 32.2. The Morgan fingerprint density at radius 1 is 0.951 bits per heavy atom. The molecule has 0 bridgehead atoms. The lowest BCUT2D eigenvalue weighted by Gasteiger charge is -2.39. The number of carbonyl (C=O) groups excluding carboxylic acids is 3. The minimum Gasteiger partial charge on any atom is -0.394 e. The third-order valence-corrected chi connectivity index (χ3v) is 11.2. The molecule has 4 heterocycles. The molecule has 6 atom stereocenters. The average Bonchev–Trinajstić information content (AvgIpc) is 3.24. The Balaban J connectivity index is 1.60. The topological polar surface area (TPSA) is 84.4 Å². The molecular weight excluding hydrogens is 536 g/mol. The molecule has 0 aromatic heterocycles. The van der Waals surface area contributed by atoms with Crippen molar-refractivity contribution < 1.29 is 19.5 Å². The van der Waals surface area contributed by atoms with Gasteiger partial charge in [-0.1, -0.05) is 38.2 Å². The van der Waals surface area contributed by atoms with Crippen molar-refractivity contribution in [3.05, 3.63) is 48.6 Å². The van der Waals surface area contributed by atoms with Crippen LogP contribution in [0.15, 0.2) is 48.6 Å². The minimum absolute atomic E-state index is 0.0198. The van der Waals surface area contributed by atoms with Crippen molar-refractivity contribution in [1.82, 2.24) is 9.80 Å². The van der Waals surface area contributed by atoms with E-state index in [4.69, 9.17) is 0 Å². The van der Waals surface area contributed by atoms with Crippen LogP contribution in [-0.2, 0) is 14.4 Å². The molecule has 3 amide bonds. The van der Waals surface area contributed by atoms with Crippen molar-refractivity contribution in [2.45, 2.75) is 69.0 Å². The van der Waals surface area contributed by atoms with Gasteiger partial charge >= 0.3 is 0 Å². The smallest absolute Gasteiger partial charge is 0.251 e. The molecule has 0 saturated carbocycles. The van der Waals surface area contributed by atoms with E-state index in [0.717, 1.165) is 30.9 Å². The first-order valence-corrected chi connectivity index (χ1v) is 16.0. The Kier molecular flexibility index (Phi) is 8.32. The maximum Gasteiger partial charge on any atom is 0.251 e. The number of amides is 3. The molecule has 2 saturated heterocycles. The van der Waals surface area contributed by atoms with Gasteiger partial charge in [0.05, 0.1) is 29.2 Å². The van der Waals surface area contributed by atoms with Gasteiger partial charge in [-0.3, -0.25) is 14.4 Å². The van der Waals surface area contributed by atoms with Gasteiger partial charge in [0, 0.05) is 48.8 Å². The first kappa shape index (κ1) is 29.7. The first-order valence-electron chi connectivity index (χ1n) is 15.1. The molecule has 1 N–H and O–H groups in total. The van der Waals surface area contributed by atoms with E-state index in [1.807, 2.05) is 68.2 Å². The highest BCUT2D eigenvalue weighted by molar-refractivity contribution is 8.02. The predicted octanol–water partition coefficient (Wildman–Crippen LogP) is 3.70. The number of aliphatic hydroxyl groups excluding tert-OH is 1. The summed E-state index contributed by atoms with van der Waals surface area (Å²) in [6.07, 6.45) is 9.52. The number of benzene rings is 1. The molecule has 1 aromatic rings. The SMILES string of the molecule is CCCN1CC=C[C@]2(C)S[C@]34C=CCN(c5ccc(N(CC)CC)cc5)C(=O)C3N([C@@H](CC)CO)C(=O)[C@@H]4[C@@H]2C1=O. The van der Waals surface area contributed by atoms with Gasteiger partial charge in [-0.25, -0.2) is 0 Å². The average molecular weight is 581 g/mol. The quantitative estimate of drug-likeness (QED) is 0.449. The van der Waals surface area contributed by atoms with Crippen LogP contribution in [0.1, 0.15) is 47.5 Å². The molecule has 1 unspecified atom stereocenters. The summed E-state index contributed by atoms with van der Waals surface area (Å²) in [5.41, 5.74) is 1.87. The summed E-state index contributed by atoms with van der Waals surface area (Å²) in [7, 11) is 0. The summed E-state index contributed by atoms with van der Waals surface area (Å²) < 4.78 is -1.54. The molecule has 1 aromatic carbocycles. The molecule has 8 nitrogen and oxygen atoms in total. The van der Waals surface area contributed by atoms with Gasteiger partial charge in [-0.15, -0.1) is 11.8 Å². The molecular formula is C32H44N4O4S. The number of hydrogen-bond acceptors (Lipinski definition) is 6. The third-order valence-electron chi connectivity index (χ3n) is 9.44. The minimum atomic E-state index is -0.915. The van der Waals surface area contributed by atoms with Crippen molar-refractivity contribution >= 4 is 40.9 Å². The van der Waals surface area contributed by atoms with Crippen molar-refractivity contribution in [1.29, 1.82) is 0 Å². The van der Waals surface area contributed by atoms with E-state index in [-0.39, 0.29) is 24.3 Å². The van der Waals surface area contributed by atoms with Crippen LogP contribution in [0.25, 0.3) is 0 Å². The van der Waals surface area contributed by atoms with Gasteiger partial charge in [0.2, 0.25) is 11.8 Å². The number of anilines is 2. The molecule has 1 spiro atoms. The molecule has 4 aliphatic heterocycles. The van der Waals surface area contributed by atoms with E-state index in [2.05, 4.69) is 24.8 Å². The lowest BCUT2D eigenvalue weighted by Crippen LogP contribution is -2.56. The summed E-state index contributed by atoms with van der Waals surface area (Å²) in [6, 6.07) is 6.69.